The highest BCUT2D eigenvalue weighted by molar-refractivity contribution is 7.80. The maximum atomic E-state index is 11.4. The fourth-order valence-electron chi connectivity index (χ4n) is 2.22. The minimum Gasteiger partial charge on any atom is -0.366 e. The van der Waals surface area contributed by atoms with Gasteiger partial charge in [0.2, 0.25) is 5.91 Å². The molecule has 2 aromatic rings. The van der Waals surface area contributed by atoms with Crippen LogP contribution in [0.1, 0.15) is 21.5 Å². The molecule has 2 aromatic carbocycles. The largest absolute Gasteiger partial charge is 0.366 e. The number of hydrogen-bond acceptors (Lipinski definition) is 5. The summed E-state index contributed by atoms with van der Waals surface area (Å²) in [5.74, 6) is -0.512. The van der Waals surface area contributed by atoms with Gasteiger partial charge in [0.05, 0.1) is 0 Å². The van der Waals surface area contributed by atoms with Crippen LogP contribution in [0.3, 0.4) is 0 Å². The zero-order chi connectivity index (χ0) is 21.2. The van der Waals surface area contributed by atoms with Crippen LogP contribution in [0.25, 0.3) is 0 Å². The predicted octanol–water partition coefficient (Wildman–Crippen LogP) is 1.08. The molecular weight excluding hydrogens is 406 g/mol. The predicted molar refractivity (Wildman–Crippen MR) is 124 cm³/mol. The van der Waals surface area contributed by atoms with Crippen molar-refractivity contribution >= 4 is 52.0 Å². The van der Waals surface area contributed by atoms with Crippen LogP contribution in [-0.2, 0) is 0 Å². The van der Waals surface area contributed by atoms with Crippen LogP contribution >= 0.6 is 24.4 Å². The number of carbonyl (C=O) groups is 1. The van der Waals surface area contributed by atoms with Crippen LogP contribution < -0.4 is 27.2 Å². The van der Waals surface area contributed by atoms with Gasteiger partial charge in [-0.2, -0.15) is 10.2 Å². The van der Waals surface area contributed by atoms with Crippen molar-refractivity contribution < 1.29 is 4.79 Å². The van der Waals surface area contributed by atoms with Gasteiger partial charge in [0.1, 0.15) is 11.4 Å². The molecule has 0 saturated carbocycles. The van der Waals surface area contributed by atoms with Gasteiger partial charge in [-0.25, -0.2) is 0 Å². The third kappa shape index (κ3) is 6.33. The van der Waals surface area contributed by atoms with E-state index in [1.54, 1.807) is 38.4 Å². The van der Waals surface area contributed by atoms with Gasteiger partial charge in [0.25, 0.3) is 0 Å². The van der Waals surface area contributed by atoms with Gasteiger partial charge >= 0.3 is 0 Å². The number of benzene rings is 2. The molecule has 0 radical (unpaired) electrons. The van der Waals surface area contributed by atoms with E-state index in [9.17, 15) is 4.79 Å². The first-order valence-electron chi connectivity index (χ1n) is 8.53. The summed E-state index contributed by atoms with van der Waals surface area (Å²) in [5, 5.41) is 15.2. The second kappa shape index (κ2) is 10.8. The van der Waals surface area contributed by atoms with Gasteiger partial charge in [-0.15, -0.1) is 0 Å². The standard InChI is InChI=1S/C19H21N7OS2/c1-21-18(28)25-23-15(12-6-4-3-5-7-12)16(24-26-19(29)22-2)13-8-10-14(11-9-13)17(20)27/h3-11H,1-2H3,(H2,20,27)(H2,21,25,28)(H2,22,26,29). The van der Waals surface area contributed by atoms with E-state index in [4.69, 9.17) is 30.2 Å². The summed E-state index contributed by atoms with van der Waals surface area (Å²) in [6.45, 7) is 0. The Labute approximate surface area is 179 Å². The minimum absolute atomic E-state index is 0.336. The van der Waals surface area contributed by atoms with Crippen LogP contribution in [0.15, 0.2) is 64.8 Å². The highest BCUT2D eigenvalue weighted by Gasteiger charge is 2.16. The summed E-state index contributed by atoms with van der Waals surface area (Å²) in [6.07, 6.45) is 0. The quantitative estimate of drug-likeness (QED) is 0.266. The summed E-state index contributed by atoms with van der Waals surface area (Å²) in [7, 11) is 3.38. The van der Waals surface area contributed by atoms with E-state index < -0.39 is 5.91 Å². The Bertz CT molecular complexity index is 941. The molecule has 2 rings (SSSR count). The lowest BCUT2D eigenvalue weighted by Crippen LogP contribution is -2.33. The number of nitrogens with one attached hydrogen (secondary N) is 4. The van der Waals surface area contributed by atoms with E-state index in [1.165, 1.54) is 0 Å². The van der Waals surface area contributed by atoms with Crippen molar-refractivity contribution in [3.05, 3.63) is 71.3 Å². The highest BCUT2D eigenvalue weighted by atomic mass is 32.1. The highest BCUT2D eigenvalue weighted by Crippen LogP contribution is 2.12. The van der Waals surface area contributed by atoms with Crippen molar-refractivity contribution in [2.45, 2.75) is 0 Å². The maximum absolute atomic E-state index is 11.4. The lowest BCUT2D eigenvalue weighted by molar-refractivity contribution is 0.100. The molecule has 0 spiro atoms. The summed E-state index contributed by atoms with van der Waals surface area (Å²) in [6, 6.07) is 16.2. The van der Waals surface area contributed by atoms with E-state index in [-0.39, 0.29) is 0 Å². The van der Waals surface area contributed by atoms with Crippen molar-refractivity contribution in [2.24, 2.45) is 15.9 Å². The average Bonchev–Trinajstić information content (AvgIpc) is 2.76. The number of thiocarbonyl (C=S) groups is 2. The lowest BCUT2D eigenvalue weighted by Gasteiger charge is -2.13. The molecule has 0 aromatic heterocycles. The van der Waals surface area contributed by atoms with E-state index in [0.717, 1.165) is 5.56 Å². The summed E-state index contributed by atoms with van der Waals surface area (Å²) >= 11 is 10.3. The van der Waals surface area contributed by atoms with Crippen molar-refractivity contribution in [2.75, 3.05) is 14.1 Å². The Hall–Kier alpha value is -3.37. The molecule has 0 bridgehead atoms. The fourth-order valence-corrected chi connectivity index (χ4v) is 2.31. The molecular formula is C19H21N7OS2. The number of amides is 1. The maximum Gasteiger partial charge on any atom is 0.248 e. The van der Waals surface area contributed by atoms with Gasteiger partial charge in [0.15, 0.2) is 10.2 Å². The summed E-state index contributed by atoms with van der Waals surface area (Å²) in [4.78, 5) is 11.4. The lowest BCUT2D eigenvalue weighted by atomic mass is 9.99. The first-order chi connectivity index (χ1) is 14.0. The third-order valence-corrected chi connectivity index (χ3v) is 4.30. The molecule has 0 aliphatic rings. The Morgan fingerprint density at radius 3 is 1.59 bits per heavy atom. The number of nitrogens with two attached hydrogens (primary N) is 1. The van der Waals surface area contributed by atoms with Gasteiger partial charge in [0, 0.05) is 30.8 Å². The van der Waals surface area contributed by atoms with Crippen LogP contribution in [0, 0.1) is 0 Å². The molecule has 0 fully saturated rings. The third-order valence-electron chi connectivity index (χ3n) is 3.71. The molecule has 6 N–H and O–H groups in total. The summed E-state index contributed by atoms with van der Waals surface area (Å²) < 4.78 is 0. The SMILES string of the molecule is CNC(=S)NN=C(C(=NNC(=S)NC)c1ccc(C(N)=O)cc1)c1ccccc1. The van der Waals surface area contributed by atoms with E-state index >= 15 is 0 Å². The molecule has 0 unspecified atom stereocenters. The molecule has 0 saturated heterocycles. The van der Waals surface area contributed by atoms with Crippen molar-refractivity contribution in [1.82, 2.24) is 21.5 Å². The zero-order valence-electron chi connectivity index (χ0n) is 15.9. The second-order valence-electron chi connectivity index (χ2n) is 5.61. The van der Waals surface area contributed by atoms with Gasteiger partial charge in [-0.1, -0.05) is 42.5 Å². The summed E-state index contributed by atoms with van der Waals surface area (Å²) in [5.41, 5.74) is 13.8. The Balaban J connectivity index is 2.58. The Morgan fingerprint density at radius 1 is 0.759 bits per heavy atom. The topological polar surface area (TPSA) is 116 Å². The van der Waals surface area contributed by atoms with Gasteiger partial charge in [-0.3, -0.25) is 15.6 Å². The van der Waals surface area contributed by atoms with Crippen molar-refractivity contribution in [3.63, 3.8) is 0 Å². The Kier molecular flexibility index (Phi) is 8.19. The molecule has 0 heterocycles. The van der Waals surface area contributed by atoms with Crippen molar-refractivity contribution in [3.8, 4) is 0 Å². The number of hydrazone groups is 2. The smallest absolute Gasteiger partial charge is 0.248 e. The fraction of sp³-hybridized carbons (Fsp3) is 0.105. The molecule has 0 aliphatic carbocycles. The minimum atomic E-state index is -0.512. The molecule has 0 atom stereocenters. The molecule has 8 nitrogen and oxygen atoms in total. The molecule has 10 heteroatoms. The molecule has 29 heavy (non-hydrogen) atoms. The average molecular weight is 428 g/mol. The number of nitrogens with zero attached hydrogens (tertiary/aromatic N) is 2. The molecule has 0 aliphatic heterocycles. The van der Waals surface area contributed by atoms with Gasteiger partial charge in [-0.05, 0) is 36.6 Å². The number of rotatable bonds is 6. The monoisotopic (exact) mass is 427 g/mol. The van der Waals surface area contributed by atoms with E-state index in [1.807, 2.05) is 30.3 Å². The first-order valence-corrected chi connectivity index (χ1v) is 9.34. The Morgan fingerprint density at radius 2 is 1.17 bits per heavy atom. The van der Waals surface area contributed by atoms with E-state index in [2.05, 4.69) is 31.7 Å². The molecule has 150 valence electrons. The number of primary amides is 1. The zero-order valence-corrected chi connectivity index (χ0v) is 17.5. The molecule has 1 amide bonds. The number of hydrogen-bond donors (Lipinski definition) is 5. The van der Waals surface area contributed by atoms with Crippen LogP contribution in [0.5, 0.6) is 0 Å². The second-order valence-corrected chi connectivity index (χ2v) is 6.43. The van der Waals surface area contributed by atoms with Crippen molar-refractivity contribution in [1.29, 1.82) is 0 Å². The normalized spacial score (nSPS) is 11.4. The van der Waals surface area contributed by atoms with Crippen LogP contribution in [0.4, 0.5) is 0 Å². The first kappa shape index (κ1) is 21.9. The van der Waals surface area contributed by atoms with Crippen LogP contribution in [-0.4, -0.2) is 41.7 Å². The van der Waals surface area contributed by atoms with Crippen LogP contribution in [0.2, 0.25) is 0 Å². The van der Waals surface area contributed by atoms with E-state index in [0.29, 0.717) is 32.8 Å². The van der Waals surface area contributed by atoms with Gasteiger partial charge < -0.3 is 16.4 Å². The number of carbonyl (C=O) groups excluding carboxylic acids is 1.